The summed E-state index contributed by atoms with van der Waals surface area (Å²) in [6.07, 6.45) is 0.996. The SMILES string of the molecule is Cc1ccc2c(c1)cc1n2CCCNC1=O. The highest BCUT2D eigenvalue weighted by molar-refractivity contribution is 5.99. The van der Waals surface area contributed by atoms with E-state index in [4.69, 9.17) is 0 Å². The number of amides is 1. The van der Waals surface area contributed by atoms with Gasteiger partial charge in [0.25, 0.3) is 5.91 Å². The summed E-state index contributed by atoms with van der Waals surface area (Å²) in [6, 6.07) is 8.32. The van der Waals surface area contributed by atoms with E-state index >= 15 is 0 Å². The Labute approximate surface area is 94.1 Å². The van der Waals surface area contributed by atoms with E-state index in [-0.39, 0.29) is 5.91 Å². The average molecular weight is 214 g/mol. The molecule has 82 valence electrons. The number of rotatable bonds is 0. The lowest BCUT2D eigenvalue weighted by Gasteiger charge is -2.04. The maximum atomic E-state index is 11.8. The Morgan fingerprint density at radius 1 is 1.31 bits per heavy atom. The first-order chi connectivity index (χ1) is 7.75. The van der Waals surface area contributed by atoms with Gasteiger partial charge in [0.15, 0.2) is 0 Å². The minimum absolute atomic E-state index is 0.0475. The van der Waals surface area contributed by atoms with Crippen LogP contribution in [0.2, 0.25) is 0 Å². The summed E-state index contributed by atoms with van der Waals surface area (Å²) < 4.78 is 2.12. The Morgan fingerprint density at radius 2 is 2.19 bits per heavy atom. The molecule has 0 fully saturated rings. The Hall–Kier alpha value is -1.77. The van der Waals surface area contributed by atoms with Gasteiger partial charge < -0.3 is 9.88 Å². The van der Waals surface area contributed by atoms with E-state index < -0.39 is 0 Å². The van der Waals surface area contributed by atoms with E-state index in [1.165, 1.54) is 5.56 Å². The third-order valence-electron chi connectivity index (χ3n) is 3.13. The molecule has 3 rings (SSSR count). The summed E-state index contributed by atoms with van der Waals surface area (Å²) >= 11 is 0. The molecule has 1 aromatic carbocycles. The van der Waals surface area contributed by atoms with Crippen LogP contribution >= 0.6 is 0 Å². The van der Waals surface area contributed by atoms with Crippen molar-refractivity contribution in [2.45, 2.75) is 19.9 Å². The maximum absolute atomic E-state index is 11.8. The van der Waals surface area contributed by atoms with Crippen molar-refractivity contribution < 1.29 is 4.79 Å². The van der Waals surface area contributed by atoms with Crippen molar-refractivity contribution in [3.05, 3.63) is 35.5 Å². The van der Waals surface area contributed by atoms with Gasteiger partial charge in [0, 0.05) is 24.0 Å². The molecule has 1 aliphatic rings. The van der Waals surface area contributed by atoms with Crippen LogP contribution in [0.25, 0.3) is 10.9 Å². The number of aromatic nitrogens is 1. The Morgan fingerprint density at radius 3 is 3.06 bits per heavy atom. The highest BCUT2D eigenvalue weighted by Gasteiger charge is 2.17. The molecular weight excluding hydrogens is 200 g/mol. The zero-order chi connectivity index (χ0) is 11.1. The summed E-state index contributed by atoms with van der Waals surface area (Å²) in [5.41, 5.74) is 3.18. The molecule has 1 N–H and O–H groups in total. The number of benzene rings is 1. The molecule has 0 bridgehead atoms. The van der Waals surface area contributed by atoms with Crippen LogP contribution in [0.15, 0.2) is 24.3 Å². The summed E-state index contributed by atoms with van der Waals surface area (Å²) in [5.74, 6) is 0.0475. The fourth-order valence-electron chi connectivity index (χ4n) is 2.35. The van der Waals surface area contributed by atoms with Crippen LogP contribution < -0.4 is 5.32 Å². The number of hydrogen-bond acceptors (Lipinski definition) is 1. The second-order valence-corrected chi connectivity index (χ2v) is 4.35. The van der Waals surface area contributed by atoms with Crippen molar-refractivity contribution in [3.8, 4) is 0 Å². The number of nitrogens with zero attached hydrogens (tertiary/aromatic N) is 1. The summed E-state index contributed by atoms with van der Waals surface area (Å²) in [6.45, 7) is 3.76. The van der Waals surface area contributed by atoms with Gasteiger partial charge in [-0.2, -0.15) is 0 Å². The number of aryl methyl sites for hydroxylation is 2. The molecule has 16 heavy (non-hydrogen) atoms. The predicted molar refractivity (Wildman–Crippen MR) is 63.6 cm³/mol. The van der Waals surface area contributed by atoms with Crippen molar-refractivity contribution in [2.24, 2.45) is 0 Å². The van der Waals surface area contributed by atoms with E-state index in [0.29, 0.717) is 0 Å². The second-order valence-electron chi connectivity index (χ2n) is 4.35. The number of carbonyl (C=O) groups is 1. The first-order valence-corrected chi connectivity index (χ1v) is 5.64. The van der Waals surface area contributed by atoms with Crippen molar-refractivity contribution in [1.29, 1.82) is 0 Å². The van der Waals surface area contributed by atoms with E-state index in [1.54, 1.807) is 0 Å². The standard InChI is InChI=1S/C13H14N2O/c1-9-3-4-11-10(7-9)8-12-13(16)14-5-2-6-15(11)12/h3-4,7-8H,2,5-6H2,1H3,(H,14,16). The van der Waals surface area contributed by atoms with Crippen LogP contribution in [0.3, 0.4) is 0 Å². The lowest BCUT2D eigenvalue weighted by Crippen LogP contribution is -2.22. The number of carbonyl (C=O) groups excluding carboxylic acids is 1. The van der Waals surface area contributed by atoms with Gasteiger partial charge in [-0.25, -0.2) is 0 Å². The molecule has 0 spiro atoms. The van der Waals surface area contributed by atoms with Gasteiger partial charge >= 0.3 is 0 Å². The molecule has 1 amide bonds. The molecule has 1 aliphatic heterocycles. The Bertz CT molecular complexity index is 569. The third kappa shape index (κ3) is 1.32. The first-order valence-electron chi connectivity index (χ1n) is 5.64. The molecule has 0 saturated heterocycles. The molecule has 2 heterocycles. The molecule has 1 aromatic heterocycles. The summed E-state index contributed by atoms with van der Waals surface area (Å²) in [4.78, 5) is 11.8. The van der Waals surface area contributed by atoms with Gasteiger partial charge in [0.2, 0.25) is 0 Å². The Kier molecular flexibility index (Phi) is 1.99. The topological polar surface area (TPSA) is 34.0 Å². The third-order valence-corrected chi connectivity index (χ3v) is 3.13. The molecule has 0 saturated carbocycles. The largest absolute Gasteiger partial charge is 0.351 e. The highest BCUT2D eigenvalue weighted by Crippen LogP contribution is 2.22. The highest BCUT2D eigenvalue weighted by atomic mass is 16.1. The van der Waals surface area contributed by atoms with Crippen LogP contribution in [0, 0.1) is 6.92 Å². The molecule has 0 unspecified atom stereocenters. The minimum atomic E-state index is 0.0475. The lowest BCUT2D eigenvalue weighted by atomic mass is 10.2. The van der Waals surface area contributed by atoms with Gasteiger partial charge in [-0.15, -0.1) is 0 Å². The lowest BCUT2D eigenvalue weighted by molar-refractivity contribution is 0.0951. The summed E-state index contributed by atoms with van der Waals surface area (Å²) in [7, 11) is 0. The molecule has 2 aromatic rings. The summed E-state index contributed by atoms with van der Waals surface area (Å²) in [5, 5.41) is 4.08. The van der Waals surface area contributed by atoms with Crippen molar-refractivity contribution in [3.63, 3.8) is 0 Å². The van der Waals surface area contributed by atoms with Crippen LogP contribution in [-0.4, -0.2) is 17.0 Å². The Balaban J connectivity index is 2.29. The monoisotopic (exact) mass is 214 g/mol. The normalized spacial score (nSPS) is 15.7. The quantitative estimate of drug-likeness (QED) is 0.715. The van der Waals surface area contributed by atoms with Gasteiger partial charge in [0.1, 0.15) is 5.69 Å². The van der Waals surface area contributed by atoms with Crippen molar-refractivity contribution >= 4 is 16.8 Å². The average Bonchev–Trinajstić information content (AvgIpc) is 2.52. The van der Waals surface area contributed by atoms with E-state index in [0.717, 1.165) is 36.1 Å². The van der Waals surface area contributed by atoms with Crippen molar-refractivity contribution in [2.75, 3.05) is 6.54 Å². The first kappa shape index (κ1) is 9.46. The molecule has 0 radical (unpaired) electrons. The fourth-order valence-corrected chi connectivity index (χ4v) is 2.35. The van der Waals surface area contributed by atoms with Crippen LogP contribution in [0.5, 0.6) is 0 Å². The van der Waals surface area contributed by atoms with Crippen LogP contribution in [0.4, 0.5) is 0 Å². The van der Waals surface area contributed by atoms with E-state index in [9.17, 15) is 4.79 Å². The zero-order valence-electron chi connectivity index (χ0n) is 9.29. The van der Waals surface area contributed by atoms with Crippen molar-refractivity contribution in [1.82, 2.24) is 9.88 Å². The van der Waals surface area contributed by atoms with E-state index in [1.807, 2.05) is 6.07 Å². The van der Waals surface area contributed by atoms with Gasteiger partial charge in [-0.05, 0) is 31.5 Å². The van der Waals surface area contributed by atoms with Crippen LogP contribution in [0.1, 0.15) is 22.5 Å². The smallest absolute Gasteiger partial charge is 0.267 e. The number of hydrogen-bond donors (Lipinski definition) is 1. The van der Waals surface area contributed by atoms with Crippen LogP contribution in [-0.2, 0) is 6.54 Å². The predicted octanol–water partition coefficient (Wildman–Crippen LogP) is 2.08. The fraction of sp³-hybridized carbons (Fsp3) is 0.308. The van der Waals surface area contributed by atoms with Gasteiger partial charge in [0.05, 0.1) is 0 Å². The van der Waals surface area contributed by atoms with Gasteiger partial charge in [-0.1, -0.05) is 11.6 Å². The molecule has 3 heteroatoms. The molecular formula is C13H14N2O. The molecule has 0 aliphatic carbocycles. The van der Waals surface area contributed by atoms with E-state index in [2.05, 4.69) is 35.0 Å². The molecule has 0 atom stereocenters. The molecule has 3 nitrogen and oxygen atoms in total. The van der Waals surface area contributed by atoms with Gasteiger partial charge in [-0.3, -0.25) is 4.79 Å². The zero-order valence-corrected chi connectivity index (χ0v) is 9.29. The number of nitrogens with one attached hydrogen (secondary N) is 1. The maximum Gasteiger partial charge on any atom is 0.267 e. The minimum Gasteiger partial charge on any atom is -0.351 e. The second kappa shape index (κ2) is 3.37. The number of fused-ring (bicyclic) bond motifs is 3.